The van der Waals surface area contributed by atoms with Crippen LogP contribution in [0.15, 0.2) is 12.1 Å². The summed E-state index contributed by atoms with van der Waals surface area (Å²) in [6, 6.07) is 4.61. The van der Waals surface area contributed by atoms with Crippen molar-refractivity contribution < 1.29 is 0 Å². The lowest BCUT2D eigenvalue weighted by molar-refractivity contribution is 0.588. The molecule has 3 nitrogen and oxygen atoms in total. The van der Waals surface area contributed by atoms with Crippen molar-refractivity contribution in [3.05, 3.63) is 44.7 Å². The van der Waals surface area contributed by atoms with E-state index in [-0.39, 0.29) is 0 Å². The molecule has 1 N–H and O–H groups in total. The molecule has 0 bridgehead atoms. The molecule has 1 atom stereocenters. The van der Waals surface area contributed by atoms with E-state index in [1.165, 1.54) is 15.4 Å². The Kier molecular flexibility index (Phi) is 4.32. The molecule has 0 aliphatic carbocycles. The van der Waals surface area contributed by atoms with E-state index in [9.17, 15) is 0 Å². The van der Waals surface area contributed by atoms with Crippen molar-refractivity contribution in [1.82, 2.24) is 15.3 Å². The number of rotatable bonds is 4. The Balaban J connectivity index is 2.24. The van der Waals surface area contributed by atoms with Crippen LogP contribution in [0.1, 0.15) is 38.6 Å². The Morgan fingerprint density at radius 1 is 1.11 bits per heavy atom. The molecule has 0 aromatic carbocycles. The minimum Gasteiger partial charge on any atom is -0.313 e. The third-order valence-electron chi connectivity index (χ3n) is 3.31. The van der Waals surface area contributed by atoms with Crippen LogP contribution in [-0.4, -0.2) is 17.0 Å². The lowest BCUT2D eigenvalue weighted by Crippen LogP contribution is -2.19. The van der Waals surface area contributed by atoms with Gasteiger partial charge in [-0.2, -0.15) is 0 Å². The van der Waals surface area contributed by atoms with Crippen LogP contribution in [0.3, 0.4) is 0 Å². The van der Waals surface area contributed by atoms with Gasteiger partial charge >= 0.3 is 0 Å². The Morgan fingerprint density at radius 3 is 2.21 bits per heavy atom. The largest absolute Gasteiger partial charge is 0.313 e. The van der Waals surface area contributed by atoms with E-state index in [1.807, 2.05) is 20.9 Å². The number of pyridine rings is 1. The van der Waals surface area contributed by atoms with Crippen LogP contribution in [-0.2, 0) is 6.42 Å². The zero-order valence-electron chi connectivity index (χ0n) is 12.2. The summed E-state index contributed by atoms with van der Waals surface area (Å²) in [7, 11) is 2.00. The van der Waals surface area contributed by atoms with Crippen LogP contribution in [0.5, 0.6) is 0 Å². The predicted molar refractivity (Wildman–Crippen MR) is 80.8 cm³/mol. The van der Waals surface area contributed by atoms with Crippen molar-refractivity contribution in [3.63, 3.8) is 0 Å². The lowest BCUT2D eigenvalue weighted by Gasteiger charge is -2.16. The first-order chi connectivity index (χ1) is 8.99. The normalized spacial score (nSPS) is 12.7. The van der Waals surface area contributed by atoms with Gasteiger partial charge in [0.15, 0.2) is 0 Å². The van der Waals surface area contributed by atoms with E-state index in [0.717, 1.165) is 23.5 Å². The summed E-state index contributed by atoms with van der Waals surface area (Å²) in [5.74, 6) is 0. The minimum absolute atomic E-state index is 0.297. The van der Waals surface area contributed by atoms with Crippen LogP contribution in [0.2, 0.25) is 0 Å². The number of thiazole rings is 1. The molecule has 4 heteroatoms. The van der Waals surface area contributed by atoms with Crippen molar-refractivity contribution in [1.29, 1.82) is 0 Å². The number of aromatic nitrogens is 2. The Hall–Kier alpha value is -1.26. The molecule has 0 aliphatic rings. The molecule has 0 amide bonds. The summed E-state index contributed by atoms with van der Waals surface area (Å²) in [6.07, 6.45) is 0.929. The van der Waals surface area contributed by atoms with Gasteiger partial charge in [0.1, 0.15) is 0 Å². The molecular weight excluding hydrogens is 254 g/mol. The maximum absolute atomic E-state index is 4.63. The van der Waals surface area contributed by atoms with Gasteiger partial charge in [-0.25, -0.2) is 4.98 Å². The molecule has 2 aromatic heterocycles. The first-order valence-corrected chi connectivity index (χ1v) is 7.36. The van der Waals surface area contributed by atoms with Crippen molar-refractivity contribution in [2.75, 3.05) is 7.05 Å². The van der Waals surface area contributed by atoms with Crippen molar-refractivity contribution >= 4 is 11.3 Å². The number of nitrogens with one attached hydrogen (secondary N) is 1. The molecule has 2 aromatic rings. The van der Waals surface area contributed by atoms with Crippen LogP contribution >= 0.6 is 11.3 Å². The SMILES string of the molecule is CNC(Cc1nc(C)c(C)s1)c1cc(C)nc(C)c1. The topological polar surface area (TPSA) is 37.8 Å². The van der Waals surface area contributed by atoms with Crippen LogP contribution in [0.4, 0.5) is 0 Å². The maximum Gasteiger partial charge on any atom is 0.0949 e. The van der Waals surface area contributed by atoms with Gasteiger partial charge in [0, 0.05) is 28.7 Å². The molecular formula is C15H21N3S. The number of hydrogen-bond acceptors (Lipinski definition) is 4. The molecule has 1 unspecified atom stereocenters. The average Bonchev–Trinajstić information content (AvgIpc) is 2.64. The van der Waals surface area contributed by atoms with E-state index >= 15 is 0 Å². The van der Waals surface area contributed by atoms with Crippen LogP contribution < -0.4 is 5.32 Å². The van der Waals surface area contributed by atoms with E-state index in [2.05, 4.69) is 41.3 Å². The van der Waals surface area contributed by atoms with Gasteiger partial charge in [-0.15, -0.1) is 11.3 Å². The van der Waals surface area contributed by atoms with Crippen LogP contribution in [0, 0.1) is 27.7 Å². The van der Waals surface area contributed by atoms with E-state index in [0.29, 0.717) is 6.04 Å². The number of aryl methyl sites for hydroxylation is 4. The number of hydrogen-bond donors (Lipinski definition) is 1. The minimum atomic E-state index is 0.297. The summed E-state index contributed by atoms with van der Waals surface area (Å²) in [5, 5.41) is 4.58. The molecule has 0 fully saturated rings. The highest BCUT2D eigenvalue weighted by Crippen LogP contribution is 2.24. The summed E-state index contributed by atoms with van der Waals surface area (Å²) < 4.78 is 0. The van der Waals surface area contributed by atoms with Gasteiger partial charge in [-0.05, 0) is 52.4 Å². The average molecular weight is 275 g/mol. The van der Waals surface area contributed by atoms with E-state index < -0.39 is 0 Å². The molecule has 102 valence electrons. The number of nitrogens with zero attached hydrogens (tertiary/aromatic N) is 2. The summed E-state index contributed by atoms with van der Waals surface area (Å²) in [6.45, 7) is 8.29. The Bertz CT molecular complexity index is 535. The van der Waals surface area contributed by atoms with Gasteiger partial charge < -0.3 is 5.32 Å². The summed E-state index contributed by atoms with van der Waals surface area (Å²) >= 11 is 1.79. The fourth-order valence-corrected chi connectivity index (χ4v) is 3.24. The Morgan fingerprint density at radius 2 is 1.74 bits per heavy atom. The smallest absolute Gasteiger partial charge is 0.0949 e. The van der Waals surface area contributed by atoms with Crippen molar-refractivity contribution in [2.24, 2.45) is 0 Å². The second-order valence-corrected chi connectivity index (χ2v) is 6.27. The highest BCUT2D eigenvalue weighted by atomic mass is 32.1. The fourth-order valence-electron chi connectivity index (χ4n) is 2.26. The van der Waals surface area contributed by atoms with Gasteiger partial charge in [-0.3, -0.25) is 4.98 Å². The third-order valence-corrected chi connectivity index (χ3v) is 4.40. The van der Waals surface area contributed by atoms with Crippen LogP contribution in [0.25, 0.3) is 0 Å². The standard InChI is InChI=1S/C15H21N3S/c1-9-6-13(7-10(2)17-9)14(16-5)8-15-18-11(3)12(4)19-15/h6-7,14,16H,8H2,1-5H3. The van der Waals surface area contributed by atoms with Gasteiger partial charge in [0.25, 0.3) is 0 Å². The molecule has 0 saturated heterocycles. The predicted octanol–water partition coefficient (Wildman–Crippen LogP) is 3.27. The molecule has 0 radical (unpaired) electrons. The molecule has 0 aliphatic heterocycles. The highest BCUT2D eigenvalue weighted by molar-refractivity contribution is 7.11. The van der Waals surface area contributed by atoms with Gasteiger partial charge in [-0.1, -0.05) is 0 Å². The van der Waals surface area contributed by atoms with E-state index in [4.69, 9.17) is 0 Å². The van der Waals surface area contributed by atoms with Gasteiger partial charge in [0.05, 0.1) is 10.7 Å². The highest BCUT2D eigenvalue weighted by Gasteiger charge is 2.14. The monoisotopic (exact) mass is 275 g/mol. The quantitative estimate of drug-likeness (QED) is 0.930. The summed E-state index contributed by atoms with van der Waals surface area (Å²) in [5.41, 5.74) is 4.58. The molecule has 19 heavy (non-hydrogen) atoms. The second-order valence-electron chi connectivity index (χ2n) is 4.98. The van der Waals surface area contributed by atoms with Crippen molar-refractivity contribution in [2.45, 2.75) is 40.2 Å². The Labute approximate surface area is 119 Å². The molecule has 0 saturated carbocycles. The third kappa shape index (κ3) is 3.39. The van der Waals surface area contributed by atoms with Gasteiger partial charge in [0.2, 0.25) is 0 Å². The molecule has 2 rings (SSSR count). The maximum atomic E-state index is 4.63. The number of likely N-dealkylation sites (N-methyl/N-ethyl adjacent to an activating group) is 1. The van der Waals surface area contributed by atoms with Crippen molar-refractivity contribution in [3.8, 4) is 0 Å². The zero-order chi connectivity index (χ0) is 14.0. The van der Waals surface area contributed by atoms with E-state index in [1.54, 1.807) is 11.3 Å². The summed E-state index contributed by atoms with van der Waals surface area (Å²) in [4.78, 5) is 10.4. The molecule has 0 spiro atoms. The lowest BCUT2D eigenvalue weighted by atomic mass is 10.0. The first-order valence-electron chi connectivity index (χ1n) is 6.55. The first kappa shape index (κ1) is 14.2. The molecule has 2 heterocycles. The second kappa shape index (κ2) is 5.80. The zero-order valence-corrected chi connectivity index (χ0v) is 13.1. The fraction of sp³-hybridized carbons (Fsp3) is 0.467.